The summed E-state index contributed by atoms with van der Waals surface area (Å²) in [5.74, 6) is 0.970. The van der Waals surface area contributed by atoms with Crippen molar-refractivity contribution in [3.8, 4) is 5.75 Å². The Balaban J connectivity index is 1.72. The maximum absolute atomic E-state index is 5.56. The lowest BCUT2D eigenvalue weighted by Crippen LogP contribution is -2.20. The first kappa shape index (κ1) is 13.2. The number of hydrogen-bond donors (Lipinski definition) is 2. The van der Waals surface area contributed by atoms with Crippen LogP contribution in [0.25, 0.3) is 0 Å². The van der Waals surface area contributed by atoms with E-state index in [9.17, 15) is 0 Å². The highest BCUT2D eigenvalue weighted by Crippen LogP contribution is 2.27. The Labute approximate surface area is 109 Å². The molecule has 0 aliphatic carbocycles. The van der Waals surface area contributed by atoms with E-state index in [0.29, 0.717) is 0 Å². The first-order valence-corrected chi connectivity index (χ1v) is 6.59. The van der Waals surface area contributed by atoms with E-state index >= 15 is 0 Å². The Morgan fingerprint density at radius 2 is 2.33 bits per heavy atom. The summed E-state index contributed by atoms with van der Waals surface area (Å²) in [4.78, 5) is 0. The van der Waals surface area contributed by atoms with E-state index in [1.807, 2.05) is 0 Å². The standard InChI is InChI=1S/C14H22N2O2/c1-17-9-2-6-15-7-5-12-3-4-14-13(11-12)16-8-10-18-14/h3-4,11,15-16H,2,5-10H2,1H3. The zero-order valence-corrected chi connectivity index (χ0v) is 11.0. The molecule has 0 unspecified atom stereocenters. The Bertz CT molecular complexity index is 369. The molecule has 1 aliphatic rings. The van der Waals surface area contributed by atoms with Gasteiger partial charge in [0.2, 0.25) is 0 Å². The van der Waals surface area contributed by atoms with Crippen molar-refractivity contribution >= 4 is 5.69 Å². The predicted octanol–water partition coefficient (Wildman–Crippen LogP) is 1.66. The van der Waals surface area contributed by atoms with Crippen molar-refractivity contribution in [3.05, 3.63) is 23.8 Å². The van der Waals surface area contributed by atoms with Crippen LogP contribution in [0.4, 0.5) is 5.69 Å². The minimum absolute atomic E-state index is 0.757. The molecule has 2 rings (SSSR count). The van der Waals surface area contributed by atoms with Gasteiger partial charge in [-0.3, -0.25) is 0 Å². The van der Waals surface area contributed by atoms with Gasteiger partial charge in [0.25, 0.3) is 0 Å². The highest BCUT2D eigenvalue weighted by atomic mass is 16.5. The van der Waals surface area contributed by atoms with Gasteiger partial charge in [-0.1, -0.05) is 6.07 Å². The molecule has 4 heteroatoms. The second kappa shape index (κ2) is 7.24. The van der Waals surface area contributed by atoms with Crippen molar-refractivity contribution in [1.29, 1.82) is 0 Å². The predicted molar refractivity (Wildman–Crippen MR) is 73.5 cm³/mol. The van der Waals surface area contributed by atoms with Crippen LogP contribution in [0, 0.1) is 0 Å². The number of anilines is 1. The van der Waals surface area contributed by atoms with Gasteiger partial charge in [0.1, 0.15) is 12.4 Å². The SMILES string of the molecule is COCCCNCCc1ccc2c(c1)NCCO2. The Morgan fingerprint density at radius 1 is 1.39 bits per heavy atom. The van der Waals surface area contributed by atoms with Gasteiger partial charge in [0, 0.05) is 20.3 Å². The normalized spacial score (nSPS) is 13.6. The fourth-order valence-electron chi connectivity index (χ4n) is 2.04. The summed E-state index contributed by atoms with van der Waals surface area (Å²) in [6.45, 7) is 4.50. The Hall–Kier alpha value is -1.26. The number of hydrogen-bond acceptors (Lipinski definition) is 4. The van der Waals surface area contributed by atoms with E-state index in [1.54, 1.807) is 7.11 Å². The average Bonchev–Trinajstić information content (AvgIpc) is 2.42. The van der Waals surface area contributed by atoms with E-state index in [4.69, 9.17) is 9.47 Å². The number of benzene rings is 1. The molecular formula is C14H22N2O2. The molecular weight excluding hydrogens is 228 g/mol. The third-order valence-electron chi connectivity index (χ3n) is 3.01. The minimum Gasteiger partial charge on any atom is -0.490 e. The second-order valence-electron chi connectivity index (χ2n) is 4.45. The molecule has 0 atom stereocenters. The zero-order valence-electron chi connectivity index (χ0n) is 11.0. The summed E-state index contributed by atoms with van der Waals surface area (Å²) in [6.07, 6.45) is 2.11. The van der Waals surface area contributed by atoms with Gasteiger partial charge in [-0.05, 0) is 43.6 Å². The monoisotopic (exact) mass is 250 g/mol. The van der Waals surface area contributed by atoms with Crippen LogP contribution in [0.1, 0.15) is 12.0 Å². The van der Waals surface area contributed by atoms with Crippen molar-refractivity contribution in [2.45, 2.75) is 12.8 Å². The minimum atomic E-state index is 0.757. The number of nitrogens with one attached hydrogen (secondary N) is 2. The molecule has 0 radical (unpaired) electrons. The zero-order chi connectivity index (χ0) is 12.6. The third-order valence-corrected chi connectivity index (χ3v) is 3.01. The molecule has 4 nitrogen and oxygen atoms in total. The van der Waals surface area contributed by atoms with Crippen LogP contribution in [0.5, 0.6) is 5.75 Å². The number of methoxy groups -OCH3 is 1. The lowest BCUT2D eigenvalue weighted by Gasteiger charge is -2.19. The lowest BCUT2D eigenvalue weighted by molar-refractivity contribution is 0.194. The topological polar surface area (TPSA) is 42.5 Å². The average molecular weight is 250 g/mol. The highest BCUT2D eigenvalue weighted by Gasteiger charge is 2.09. The van der Waals surface area contributed by atoms with Gasteiger partial charge in [0.15, 0.2) is 0 Å². The molecule has 0 spiro atoms. The van der Waals surface area contributed by atoms with Crippen LogP contribution in [0.2, 0.25) is 0 Å². The molecule has 0 bridgehead atoms. The molecule has 1 aromatic carbocycles. The van der Waals surface area contributed by atoms with E-state index in [1.165, 1.54) is 5.56 Å². The molecule has 0 saturated carbocycles. The third kappa shape index (κ3) is 3.89. The molecule has 1 aromatic rings. The van der Waals surface area contributed by atoms with Gasteiger partial charge in [-0.2, -0.15) is 0 Å². The van der Waals surface area contributed by atoms with Gasteiger partial charge < -0.3 is 20.1 Å². The molecule has 100 valence electrons. The molecule has 18 heavy (non-hydrogen) atoms. The van der Waals surface area contributed by atoms with Crippen molar-refractivity contribution in [3.63, 3.8) is 0 Å². The van der Waals surface area contributed by atoms with Crippen LogP contribution in [0.3, 0.4) is 0 Å². The Morgan fingerprint density at radius 3 is 3.22 bits per heavy atom. The van der Waals surface area contributed by atoms with E-state index in [2.05, 4.69) is 28.8 Å². The van der Waals surface area contributed by atoms with Gasteiger partial charge in [-0.25, -0.2) is 0 Å². The van der Waals surface area contributed by atoms with Crippen LogP contribution < -0.4 is 15.4 Å². The van der Waals surface area contributed by atoms with Crippen molar-refractivity contribution < 1.29 is 9.47 Å². The summed E-state index contributed by atoms with van der Waals surface area (Å²) in [6, 6.07) is 6.38. The quantitative estimate of drug-likeness (QED) is 0.722. The smallest absolute Gasteiger partial charge is 0.142 e. The van der Waals surface area contributed by atoms with Crippen molar-refractivity contribution in [2.75, 3.05) is 45.3 Å². The first-order chi connectivity index (χ1) is 8.90. The van der Waals surface area contributed by atoms with E-state index in [0.717, 1.165) is 57.1 Å². The van der Waals surface area contributed by atoms with Crippen molar-refractivity contribution in [1.82, 2.24) is 5.32 Å². The summed E-state index contributed by atoms with van der Waals surface area (Å²) in [7, 11) is 1.74. The number of rotatable bonds is 7. The largest absolute Gasteiger partial charge is 0.490 e. The van der Waals surface area contributed by atoms with Crippen LogP contribution in [-0.2, 0) is 11.2 Å². The van der Waals surface area contributed by atoms with Gasteiger partial charge in [0.05, 0.1) is 5.69 Å². The molecule has 0 saturated heterocycles. The maximum atomic E-state index is 5.56. The summed E-state index contributed by atoms with van der Waals surface area (Å²) < 4.78 is 10.6. The van der Waals surface area contributed by atoms with Gasteiger partial charge in [-0.15, -0.1) is 0 Å². The summed E-state index contributed by atoms with van der Waals surface area (Å²) >= 11 is 0. The molecule has 2 N–H and O–H groups in total. The number of fused-ring (bicyclic) bond motifs is 1. The fraction of sp³-hybridized carbons (Fsp3) is 0.571. The maximum Gasteiger partial charge on any atom is 0.142 e. The molecule has 0 fully saturated rings. The molecule has 0 aromatic heterocycles. The summed E-state index contributed by atoms with van der Waals surface area (Å²) in [5.41, 5.74) is 2.46. The summed E-state index contributed by atoms with van der Waals surface area (Å²) in [5, 5.41) is 6.78. The van der Waals surface area contributed by atoms with E-state index in [-0.39, 0.29) is 0 Å². The number of ether oxygens (including phenoxy) is 2. The van der Waals surface area contributed by atoms with Crippen molar-refractivity contribution in [2.24, 2.45) is 0 Å². The van der Waals surface area contributed by atoms with Crippen LogP contribution >= 0.6 is 0 Å². The van der Waals surface area contributed by atoms with Crippen LogP contribution in [-0.4, -0.2) is 40.0 Å². The molecule has 0 amide bonds. The molecule has 1 aliphatic heterocycles. The first-order valence-electron chi connectivity index (χ1n) is 6.59. The lowest BCUT2D eigenvalue weighted by atomic mass is 10.1. The van der Waals surface area contributed by atoms with Crippen LogP contribution in [0.15, 0.2) is 18.2 Å². The van der Waals surface area contributed by atoms with Gasteiger partial charge >= 0.3 is 0 Å². The molecule has 1 heterocycles. The second-order valence-corrected chi connectivity index (χ2v) is 4.45. The highest BCUT2D eigenvalue weighted by molar-refractivity contribution is 5.59. The Kier molecular flexibility index (Phi) is 5.30. The van der Waals surface area contributed by atoms with E-state index < -0.39 is 0 Å². The fourth-order valence-corrected chi connectivity index (χ4v) is 2.04.